The minimum Gasteiger partial charge on any atom is -0.308 e. The van der Waals surface area contributed by atoms with Crippen molar-refractivity contribution in [2.75, 3.05) is 21.3 Å². The maximum Gasteiger partial charge on any atom is 0.0601 e. The van der Waals surface area contributed by atoms with E-state index < -0.39 is 10.0 Å². The lowest BCUT2D eigenvalue weighted by Crippen LogP contribution is -2.22. The number of nitrogens with zero attached hydrogens (tertiary/aromatic N) is 2. The van der Waals surface area contributed by atoms with Crippen LogP contribution in [0.1, 0.15) is 73.9 Å². The summed E-state index contributed by atoms with van der Waals surface area (Å²) in [4.78, 5) is 10.7. The van der Waals surface area contributed by atoms with Gasteiger partial charge in [0.15, 0.2) is 0 Å². The molecule has 1 fully saturated rings. The van der Waals surface area contributed by atoms with Crippen LogP contribution in [0.5, 0.6) is 0 Å². The Bertz CT molecular complexity index is 3200. The van der Waals surface area contributed by atoms with Gasteiger partial charge in [0, 0.05) is 41.8 Å². The van der Waals surface area contributed by atoms with Gasteiger partial charge in [0.1, 0.15) is 0 Å². The first kappa shape index (κ1) is 38.3. The molecule has 4 heteroatoms. The van der Waals surface area contributed by atoms with Gasteiger partial charge in [-0.3, -0.25) is 0 Å². The fourth-order valence-corrected chi connectivity index (χ4v) is 17.4. The molecular weight excluding hydrogens is 813 g/mol. The van der Waals surface area contributed by atoms with Crippen LogP contribution in [0.3, 0.4) is 0 Å². The smallest absolute Gasteiger partial charge is 0.0601 e. The molecule has 0 bridgehead atoms. The molecule has 3 heterocycles. The van der Waals surface area contributed by atoms with Crippen LogP contribution in [-0.2, 0) is 10.8 Å². The van der Waals surface area contributed by atoms with Crippen LogP contribution in [0.2, 0.25) is 0 Å². The van der Waals surface area contributed by atoms with Crippen molar-refractivity contribution in [3.8, 4) is 22.3 Å². The van der Waals surface area contributed by atoms with Crippen molar-refractivity contribution in [1.82, 2.24) is 0 Å². The van der Waals surface area contributed by atoms with Crippen molar-refractivity contribution >= 4 is 68.1 Å². The second-order valence-electron chi connectivity index (χ2n) is 19.3. The fraction of sp³-hybridized carbons (Fsp3) is 0.167. The molecule has 8 aromatic rings. The van der Waals surface area contributed by atoms with E-state index in [0.29, 0.717) is 0 Å². The van der Waals surface area contributed by atoms with E-state index in [0.717, 1.165) is 0 Å². The van der Waals surface area contributed by atoms with Crippen molar-refractivity contribution in [2.45, 2.75) is 70.9 Å². The number of benzene rings is 8. The van der Waals surface area contributed by atoms with E-state index in [1.54, 1.807) is 9.79 Å². The Morgan fingerprint density at radius 2 is 0.797 bits per heavy atom. The van der Waals surface area contributed by atoms with Gasteiger partial charge in [0.2, 0.25) is 0 Å². The number of anilines is 6. The molecule has 0 atom stereocenters. The van der Waals surface area contributed by atoms with Gasteiger partial charge in [-0.25, -0.2) is 0 Å². The van der Waals surface area contributed by atoms with Gasteiger partial charge in [0.25, 0.3) is 0 Å². The number of fused-ring (bicyclic) bond motifs is 12. The minimum atomic E-state index is -1.02. The van der Waals surface area contributed by atoms with Gasteiger partial charge >= 0.3 is 0 Å². The van der Waals surface area contributed by atoms with Crippen molar-refractivity contribution in [3.05, 3.63) is 203 Å². The highest BCUT2D eigenvalue weighted by Crippen LogP contribution is 2.74. The molecule has 2 nitrogen and oxygen atoms in total. The van der Waals surface area contributed by atoms with E-state index in [1.165, 1.54) is 124 Å². The van der Waals surface area contributed by atoms with Crippen LogP contribution in [0.15, 0.2) is 189 Å². The number of hydrogen-bond donors (Lipinski definition) is 0. The summed E-state index contributed by atoms with van der Waals surface area (Å²) in [6.45, 7) is 9.62. The Morgan fingerprint density at radius 3 is 1.27 bits per heavy atom. The van der Waals surface area contributed by atoms with E-state index in [4.69, 9.17) is 0 Å². The summed E-state index contributed by atoms with van der Waals surface area (Å²) in [6, 6.07) is 64.7. The largest absolute Gasteiger partial charge is 0.308 e. The lowest BCUT2D eigenvalue weighted by Gasteiger charge is -2.47. The molecule has 0 N–H and O–H groups in total. The molecule has 3 aliphatic heterocycles. The molecule has 1 saturated heterocycles. The summed E-state index contributed by atoms with van der Waals surface area (Å²) in [7, 11) is -1.02. The van der Waals surface area contributed by atoms with E-state index >= 15 is 0 Å². The van der Waals surface area contributed by atoms with Gasteiger partial charge in [-0.15, -0.1) is 0 Å². The quantitative estimate of drug-likeness (QED) is 0.163. The van der Waals surface area contributed by atoms with Crippen LogP contribution >= 0.6 is 21.8 Å². The first-order chi connectivity index (χ1) is 31.2. The summed E-state index contributed by atoms with van der Waals surface area (Å²) in [5, 5.41) is 0. The van der Waals surface area contributed by atoms with Gasteiger partial charge < -0.3 is 9.80 Å². The van der Waals surface area contributed by atoms with E-state index in [-0.39, 0.29) is 10.8 Å². The van der Waals surface area contributed by atoms with Crippen molar-refractivity contribution in [1.29, 1.82) is 0 Å². The molecule has 5 aliphatic rings. The number of rotatable bonds is 4. The average Bonchev–Trinajstić information content (AvgIpc) is 3.97. The Morgan fingerprint density at radius 1 is 0.422 bits per heavy atom. The summed E-state index contributed by atoms with van der Waals surface area (Å²) >= 11 is 1.86. The van der Waals surface area contributed by atoms with Crippen molar-refractivity contribution in [3.63, 3.8) is 0 Å². The standard InChI is InChI=1S/C60H50N2S2/c1-59(2)47-35-39(25-29-43(47)45-31-27-41(37-49(45)59)61-51-15-5-9-19-55(51)63-56-20-10-6-16-52(56)61)23-24-40-26-30-44-46-32-28-42(38-50(46)60(3,4)48(44)36-40)62-53-17-7-11-21-57(53)64(33-13-14-34-64)58-22-12-8-18-54(58)62/h5-12,15-32,35-38H,13-14,33-34H2,1-4H3/b24-23+. The lowest BCUT2D eigenvalue weighted by atomic mass is 9.81. The zero-order valence-corrected chi connectivity index (χ0v) is 38.5. The zero-order chi connectivity index (χ0) is 43.0. The molecule has 1 spiro atoms. The summed E-state index contributed by atoms with van der Waals surface area (Å²) < 4.78 is 0. The highest BCUT2D eigenvalue weighted by molar-refractivity contribution is 8.34. The molecule has 0 amide bonds. The fourth-order valence-electron chi connectivity index (χ4n) is 11.9. The molecule has 8 aromatic carbocycles. The predicted molar refractivity (Wildman–Crippen MR) is 274 cm³/mol. The highest BCUT2D eigenvalue weighted by atomic mass is 32.3. The maximum absolute atomic E-state index is 2.57. The second-order valence-corrected chi connectivity index (χ2v) is 23.8. The molecule has 312 valence electrons. The van der Waals surface area contributed by atoms with Gasteiger partial charge in [0.05, 0.1) is 22.7 Å². The zero-order valence-electron chi connectivity index (χ0n) is 36.9. The summed E-state index contributed by atoms with van der Waals surface area (Å²) in [6.07, 6.45) is 7.27. The third-order valence-electron chi connectivity index (χ3n) is 15.1. The van der Waals surface area contributed by atoms with Crippen LogP contribution in [-0.4, -0.2) is 11.5 Å². The summed E-state index contributed by atoms with van der Waals surface area (Å²) in [5.41, 5.74) is 20.8. The maximum atomic E-state index is 2.57. The molecule has 0 unspecified atom stereocenters. The van der Waals surface area contributed by atoms with Gasteiger partial charge in [-0.2, -0.15) is 10.0 Å². The third kappa shape index (κ3) is 5.42. The SMILES string of the molecule is CC1(C)c2cc(/C=C/c3ccc4c(c3)C(C)(C)c3cc(N5c6ccccc6S6(CCCC6)c6ccccc65)ccc3-4)ccc2-c2ccc(N3c4ccccc4Sc4ccccc43)cc21. The first-order valence-electron chi connectivity index (χ1n) is 22.9. The van der Waals surface area contributed by atoms with Crippen LogP contribution in [0.4, 0.5) is 34.1 Å². The van der Waals surface area contributed by atoms with E-state index in [9.17, 15) is 0 Å². The molecule has 13 rings (SSSR count). The van der Waals surface area contributed by atoms with Crippen LogP contribution in [0.25, 0.3) is 34.4 Å². The topological polar surface area (TPSA) is 6.48 Å². The van der Waals surface area contributed by atoms with Gasteiger partial charge in [-0.05, 0) is 153 Å². The number of para-hydroxylation sites is 4. The molecule has 64 heavy (non-hydrogen) atoms. The average molecular weight is 863 g/mol. The Hall–Kier alpha value is -6.20. The first-order valence-corrected chi connectivity index (χ1v) is 25.7. The molecular formula is C60H50N2S2. The Labute approximate surface area is 383 Å². The van der Waals surface area contributed by atoms with Crippen LogP contribution in [0, 0.1) is 0 Å². The predicted octanol–water partition coefficient (Wildman–Crippen LogP) is 17.2. The van der Waals surface area contributed by atoms with E-state index in [2.05, 4.69) is 220 Å². The normalized spacial score (nSPS) is 17.8. The summed E-state index contributed by atoms with van der Waals surface area (Å²) in [5.74, 6) is 2.62. The Kier molecular flexibility index (Phi) is 8.31. The van der Waals surface area contributed by atoms with Crippen molar-refractivity contribution < 1.29 is 0 Å². The molecule has 0 saturated carbocycles. The van der Waals surface area contributed by atoms with Gasteiger partial charge in [-0.1, -0.05) is 149 Å². The second kappa shape index (κ2) is 13.9. The lowest BCUT2D eigenvalue weighted by molar-refractivity contribution is 0.660. The minimum absolute atomic E-state index is 0.142. The number of hydrogen-bond acceptors (Lipinski definition) is 3. The Balaban J connectivity index is 0.805. The molecule has 0 aromatic heterocycles. The molecule has 0 radical (unpaired) electrons. The monoisotopic (exact) mass is 862 g/mol. The molecule has 2 aliphatic carbocycles. The van der Waals surface area contributed by atoms with E-state index in [1.807, 2.05) is 11.8 Å². The third-order valence-corrected chi connectivity index (χ3v) is 20.5. The highest BCUT2D eigenvalue weighted by Gasteiger charge is 2.43. The van der Waals surface area contributed by atoms with Crippen LogP contribution < -0.4 is 9.80 Å². The van der Waals surface area contributed by atoms with Crippen molar-refractivity contribution in [2.24, 2.45) is 0 Å².